The molecule has 0 radical (unpaired) electrons. The Hall–Kier alpha value is -2.04. The molecule has 2 heterocycles. The number of hydrogen-bond donors (Lipinski definition) is 0. The zero-order valence-electron chi connectivity index (χ0n) is 15.0. The van der Waals surface area contributed by atoms with Crippen LogP contribution in [0.25, 0.3) is 6.08 Å². The maximum absolute atomic E-state index is 12.7. The van der Waals surface area contributed by atoms with Gasteiger partial charge in [-0.3, -0.25) is 14.5 Å². The van der Waals surface area contributed by atoms with Crippen molar-refractivity contribution in [2.45, 2.75) is 13.0 Å². The molecule has 10 heteroatoms. The Balaban J connectivity index is 1.69. The van der Waals surface area contributed by atoms with E-state index in [1.165, 1.54) is 21.6 Å². The molecular formula is C18H17N2O5S3-. The second-order valence-electron chi connectivity index (χ2n) is 5.97. The second kappa shape index (κ2) is 8.97. The van der Waals surface area contributed by atoms with Crippen LogP contribution in [0.4, 0.5) is 0 Å². The van der Waals surface area contributed by atoms with Crippen LogP contribution in [0.2, 0.25) is 0 Å². The van der Waals surface area contributed by atoms with Gasteiger partial charge in [-0.25, -0.2) is 0 Å². The summed E-state index contributed by atoms with van der Waals surface area (Å²) < 4.78 is 5.66. The summed E-state index contributed by atoms with van der Waals surface area (Å²) >= 11 is 7.69. The van der Waals surface area contributed by atoms with Crippen LogP contribution in [0.15, 0.2) is 29.2 Å². The summed E-state index contributed by atoms with van der Waals surface area (Å²) in [6.07, 6.45) is 1.70. The molecule has 28 heavy (non-hydrogen) atoms. The summed E-state index contributed by atoms with van der Waals surface area (Å²) in [5.41, 5.74) is 0.809. The van der Waals surface area contributed by atoms with Crippen molar-refractivity contribution in [3.8, 4) is 5.75 Å². The molecule has 0 saturated carbocycles. The molecule has 1 aromatic rings. The molecule has 7 nitrogen and oxygen atoms in total. The van der Waals surface area contributed by atoms with Gasteiger partial charge >= 0.3 is 0 Å². The van der Waals surface area contributed by atoms with Crippen LogP contribution in [0.5, 0.6) is 5.75 Å². The van der Waals surface area contributed by atoms with Gasteiger partial charge in [0, 0.05) is 5.75 Å². The Kier molecular flexibility index (Phi) is 6.63. The van der Waals surface area contributed by atoms with Gasteiger partial charge in [0.15, 0.2) is 0 Å². The van der Waals surface area contributed by atoms with Crippen molar-refractivity contribution in [2.75, 3.05) is 24.8 Å². The molecule has 0 aliphatic carbocycles. The Bertz CT molecular complexity index is 840. The largest absolute Gasteiger partial charge is 0.548 e. The van der Waals surface area contributed by atoms with E-state index < -0.39 is 17.9 Å². The molecule has 2 amide bonds. The van der Waals surface area contributed by atoms with Crippen LogP contribution in [-0.4, -0.2) is 62.7 Å². The molecule has 2 aliphatic rings. The van der Waals surface area contributed by atoms with Crippen molar-refractivity contribution in [1.82, 2.24) is 9.80 Å². The Morgan fingerprint density at radius 3 is 2.71 bits per heavy atom. The number of carboxylic acids is 1. The average Bonchev–Trinajstić information content (AvgIpc) is 3.25. The van der Waals surface area contributed by atoms with Crippen LogP contribution in [0.3, 0.4) is 0 Å². The minimum atomic E-state index is -1.29. The monoisotopic (exact) mass is 437 g/mol. The summed E-state index contributed by atoms with van der Waals surface area (Å²) in [4.78, 5) is 39.2. The molecule has 0 spiro atoms. The SMILES string of the molecule is CCOc1ccc(/C=C2/SC(=S)N(CC(=O)N3CSC[C@H]3C(=O)[O-])C2=O)cc1. The van der Waals surface area contributed by atoms with E-state index in [4.69, 9.17) is 17.0 Å². The van der Waals surface area contributed by atoms with Crippen LogP contribution >= 0.6 is 35.7 Å². The maximum atomic E-state index is 12.7. The molecule has 1 aromatic carbocycles. The average molecular weight is 438 g/mol. The highest BCUT2D eigenvalue weighted by Crippen LogP contribution is 2.33. The van der Waals surface area contributed by atoms with E-state index in [9.17, 15) is 19.5 Å². The number of thioether (sulfide) groups is 2. The number of ether oxygens (including phenoxy) is 1. The van der Waals surface area contributed by atoms with Crippen LogP contribution in [-0.2, 0) is 14.4 Å². The van der Waals surface area contributed by atoms with Crippen molar-refractivity contribution >= 4 is 63.9 Å². The molecule has 0 N–H and O–H groups in total. The number of nitrogens with zero attached hydrogens (tertiary/aromatic N) is 2. The lowest BCUT2D eigenvalue weighted by molar-refractivity contribution is -0.310. The van der Waals surface area contributed by atoms with Gasteiger partial charge in [0.05, 0.1) is 29.4 Å². The van der Waals surface area contributed by atoms with E-state index in [1.54, 1.807) is 6.08 Å². The van der Waals surface area contributed by atoms with E-state index in [-0.39, 0.29) is 28.4 Å². The fourth-order valence-electron chi connectivity index (χ4n) is 2.72. The number of hydrogen-bond acceptors (Lipinski definition) is 8. The molecule has 0 aromatic heterocycles. The number of benzene rings is 1. The summed E-state index contributed by atoms with van der Waals surface area (Å²) in [5, 5.41) is 11.2. The van der Waals surface area contributed by atoms with Gasteiger partial charge in [0.2, 0.25) is 5.91 Å². The Morgan fingerprint density at radius 1 is 1.36 bits per heavy atom. The summed E-state index contributed by atoms with van der Waals surface area (Å²) in [5.74, 6) is -0.840. The van der Waals surface area contributed by atoms with Crippen LogP contribution < -0.4 is 9.84 Å². The van der Waals surface area contributed by atoms with Crippen molar-refractivity contribution in [3.63, 3.8) is 0 Å². The highest BCUT2D eigenvalue weighted by molar-refractivity contribution is 8.26. The second-order valence-corrected chi connectivity index (χ2v) is 8.64. The number of carbonyl (C=O) groups is 3. The van der Waals surface area contributed by atoms with Crippen molar-refractivity contribution < 1.29 is 24.2 Å². The number of thiocarbonyl (C=S) groups is 1. The molecule has 2 fully saturated rings. The minimum absolute atomic E-state index is 0.258. The first-order chi connectivity index (χ1) is 13.4. The molecule has 148 valence electrons. The lowest BCUT2D eigenvalue weighted by Gasteiger charge is -2.26. The van der Waals surface area contributed by atoms with Crippen molar-refractivity contribution in [1.29, 1.82) is 0 Å². The number of amides is 2. The highest BCUT2D eigenvalue weighted by Gasteiger charge is 2.37. The van der Waals surface area contributed by atoms with E-state index >= 15 is 0 Å². The number of aliphatic carboxylic acids is 1. The topological polar surface area (TPSA) is 90.0 Å². The molecule has 1 atom stereocenters. The molecule has 2 saturated heterocycles. The third-order valence-electron chi connectivity index (χ3n) is 4.13. The van der Waals surface area contributed by atoms with Crippen LogP contribution in [0.1, 0.15) is 12.5 Å². The zero-order valence-corrected chi connectivity index (χ0v) is 17.4. The van der Waals surface area contributed by atoms with Gasteiger partial charge in [0.25, 0.3) is 5.91 Å². The summed E-state index contributed by atoms with van der Waals surface area (Å²) in [6.45, 7) is 2.19. The lowest BCUT2D eigenvalue weighted by atomic mass is 10.2. The molecular weight excluding hydrogens is 420 g/mol. The number of carbonyl (C=O) groups excluding carboxylic acids is 3. The Morgan fingerprint density at radius 2 is 2.07 bits per heavy atom. The van der Waals surface area contributed by atoms with Gasteiger partial charge in [-0.1, -0.05) is 36.1 Å². The molecule has 2 aliphatic heterocycles. The van der Waals surface area contributed by atoms with Gasteiger partial charge < -0.3 is 19.5 Å². The third kappa shape index (κ3) is 4.50. The first-order valence-corrected chi connectivity index (χ1v) is 10.8. The Labute approximate surface area is 176 Å². The van der Waals surface area contributed by atoms with Crippen molar-refractivity contribution in [2.24, 2.45) is 0 Å². The van der Waals surface area contributed by atoms with Crippen LogP contribution in [0, 0.1) is 0 Å². The zero-order chi connectivity index (χ0) is 20.3. The van der Waals surface area contributed by atoms with E-state index in [2.05, 4.69) is 0 Å². The molecule has 0 unspecified atom stereocenters. The first-order valence-electron chi connectivity index (χ1n) is 8.47. The lowest BCUT2D eigenvalue weighted by Crippen LogP contribution is -2.51. The smallest absolute Gasteiger partial charge is 0.266 e. The predicted octanol–water partition coefficient (Wildman–Crippen LogP) is 0.938. The fraction of sp³-hybridized carbons (Fsp3) is 0.333. The standard InChI is InChI=1S/C18H18N2O5S3/c1-2-25-12-5-3-11(4-6-12)7-14-16(22)19(18(26)28-14)8-15(21)20-10-27-9-13(20)17(23)24/h3-7,13H,2,8-10H2,1H3,(H,23,24)/p-1/b14-7+/t13-/m0/s1. The summed E-state index contributed by atoms with van der Waals surface area (Å²) in [7, 11) is 0. The normalized spacial score (nSPS) is 20.9. The predicted molar refractivity (Wildman–Crippen MR) is 110 cm³/mol. The third-order valence-corrected chi connectivity index (χ3v) is 6.52. The number of carboxylic acid groups (broad SMARTS) is 1. The highest BCUT2D eigenvalue weighted by atomic mass is 32.2. The van der Waals surface area contributed by atoms with E-state index in [1.807, 2.05) is 31.2 Å². The maximum Gasteiger partial charge on any atom is 0.266 e. The molecule has 3 rings (SSSR count). The summed E-state index contributed by atoms with van der Waals surface area (Å²) in [6, 6.07) is 6.30. The fourth-order valence-corrected chi connectivity index (χ4v) is 5.14. The molecule has 0 bridgehead atoms. The van der Waals surface area contributed by atoms with E-state index in [0.29, 0.717) is 11.5 Å². The quantitative estimate of drug-likeness (QED) is 0.480. The van der Waals surface area contributed by atoms with Gasteiger partial charge in [-0.2, -0.15) is 0 Å². The minimum Gasteiger partial charge on any atom is -0.548 e. The first kappa shape index (κ1) is 20.7. The van der Waals surface area contributed by atoms with E-state index in [0.717, 1.165) is 23.1 Å². The van der Waals surface area contributed by atoms with Crippen molar-refractivity contribution in [3.05, 3.63) is 34.7 Å². The van der Waals surface area contributed by atoms with Gasteiger partial charge in [0.1, 0.15) is 16.6 Å². The number of rotatable bonds is 6. The van der Waals surface area contributed by atoms with Gasteiger partial charge in [-0.05, 0) is 30.7 Å². The van der Waals surface area contributed by atoms with Gasteiger partial charge in [-0.15, -0.1) is 11.8 Å².